The molecular weight excluding hydrogens is 270 g/mol. The van der Waals surface area contributed by atoms with Gasteiger partial charge in [-0.25, -0.2) is 9.59 Å². The molecule has 0 heterocycles. The number of carboxylic acid groups (broad SMARTS) is 1. The lowest BCUT2D eigenvalue weighted by atomic mass is 10.1. The van der Waals surface area contributed by atoms with E-state index < -0.39 is 18.1 Å². The van der Waals surface area contributed by atoms with Crippen LogP contribution < -0.4 is 5.32 Å². The van der Waals surface area contributed by atoms with Crippen LogP contribution in [0.3, 0.4) is 0 Å². The Balaban J connectivity index is 2.68. The van der Waals surface area contributed by atoms with Gasteiger partial charge >= 0.3 is 12.1 Å². The largest absolute Gasteiger partial charge is 0.480 e. The van der Waals surface area contributed by atoms with Gasteiger partial charge in [0, 0.05) is 11.4 Å². The molecule has 0 bridgehead atoms. The summed E-state index contributed by atoms with van der Waals surface area (Å²) in [6.45, 7) is 3.41. The van der Waals surface area contributed by atoms with Crippen molar-refractivity contribution in [3.8, 4) is 0 Å². The highest BCUT2D eigenvalue weighted by atomic mass is 35.5. The molecule has 0 saturated heterocycles. The standard InChI is InChI=1S/C13H14ClNO4/c1-2-7-19-13(18)15-11(12(16)17)8-9-5-3-4-6-10(9)14/h2-6,11H,1,7-8H2,(H,15,18)(H,16,17)/t11-/m1/s1. The second-order valence-electron chi connectivity index (χ2n) is 3.72. The van der Waals surface area contributed by atoms with Gasteiger partial charge in [0.2, 0.25) is 0 Å². The minimum atomic E-state index is -1.16. The zero-order chi connectivity index (χ0) is 14.3. The first-order chi connectivity index (χ1) is 9.04. The molecule has 5 nitrogen and oxygen atoms in total. The number of hydrogen-bond donors (Lipinski definition) is 2. The van der Waals surface area contributed by atoms with E-state index in [4.69, 9.17) is 16.7 Å². The summed E-state index contributed by atoms with van der Waals surface area (Å²) in [4.78, 5) is 22.4. The highest BCUT2D eigenvalue weighted by Crippen LogP contribution is 2.16. The third-order valence-corrected chi connectivity index (χ3v) is 2.67. The van der Waals surface area contributed by atoms with Crippen molar-refractivity contribution in [1.82, 2.24) is 5.32 Å². The van der Waals surface area contributed by atoms with E-state index in [-0.39, 0.29) is 13.0 Å². The molecule has 0 spiro atoms. The van der Waals surface area contributed by atoms with Crippen LogP contribution in [-0.4, -0.2) is 29.8 Å². The number of carboxylic acids is 1. The minimum Gasteiger partial charge on any atom is -0.480 e. The van der Waals surface area contributed by atoms with Crippen molar-refractivity contribution in [1.29, 1.82) is 0 Å². The van der Waals surface area contributed by atoms with E-state index in [0.29, 0.717) is 10.6 Å². The maximum Gasteiger partial charge on any atom is 0.408 e. The van der Waals surface area contributed by atoms with Gasteiger partial charge in [-0.3, -0.25) is 0 Å². The molecule has 0 fully saturated rings. The molecule has 19 heavy (non-hydrogen) atoms. The Bertz CT molecular complexity index is 475. The third-order valence-electron chi connectivity index (χ3n) is 2.30. The number of carbonyl (C=O) groups is 2. The molecule has 1 rings (SSSR count). The number of rotatable bonds is 6. The minimum absolute atomic E-state index is 0.0181. The summed E-state index contributed by atoms with van der Waals surface area (Å²) in [5.74, 6) is -1.16. The third kappa shape index (κ3) is 5.01. The summed E-state index contributed by atoms with van der Waals surface area (Å²) in [5, 5.41) is 11.8. The number of halogens is 1. The average molecular weight is 284 g/mol. The van der Waals surface area contributed by atoms with Gasteiger partial charge in [0.05, 0.1) is 0 Å². The monoisotopic (exact) mass is 283 g/mol. The van der Waals surface area contributed by atoms with Crippen LogP contribution in [0.4, 0.5) is 4.79 Å². The number of alkyl carbamates (subject to hydrolysis) is 1. The summed E-state index contributed by atoms with van der Waals surface area (Å²) in [7, 11) is 0. The van der Waals surface area contributed by atoms with Gasteiger partial charge in [0.25, 0.3) is 0 Å². The highest BCUT2D eigenvalue weighted by Gasteiger charge is 2.21. The van der Waals surface area contributed by atoms with Gasteiger partial charge in [-0.2, -0.15) is 0 Å². The van der Waals surface area contributed by atoms with E-state index in [1.807, 2.05) is 0 Å². The Labute approximate surface area is 115 Å². The zero-order valence-electron chi connectivity index (χ0n) is 10.1. The molecule has 0 saturated carbocycles. The number of carbonyl (C=O) groups excluding carboxylic acids is 1. The second-order valence-corrected chi connectivity index (χ2v) is 4.13. The summed E-state index contributed by atoms with van der Waals surface area (Å²) in [6.07, 6.45) is 0.668. The van der Waals surface area contributed by atoms with Gasteiger partial charge in [0.15, 0.2) is 0 Å². The van der Waals surface area contributed by atoms with Gasteiger partial charge < -0.3 is 15.2 Å². The fraction of sp³-hybridized carbons (Fsp3) is 0.231. The lowest BCUT2D eigenvalue weighted by Gasteiger charge is -2.14. The maximum atomic E-state index is 11.3. The van der Waals surface area contributed by atoms with Gasteiger partial charge in [-0.1, -0.05) is 42.5 Å². The van der Waals surface area contributed by atoms with Crippen LogP contribution in [0.25, 0.3) is 0 Å². The van der Waals surface area contributed by atoms with E-state index in [1.165, 1.54) is 6.08 Å². The van der Waals surface area contributed by atoms with E-state index >= 15 is 0 Å². The van der Waals surface area contributed by atoms with Crippen LogP contribution in [0.2, 0.25) is 5.02 Å². The number of nitrogens with one attached hydrogen (secondary N) is 1. The van der Waals surface area contributed by atoms with Crippen molar-refractivity contribution < 1.29 is 19.4 Å². The maximum absolute atomic E-state index is 11.3. The van der Waals surface area contributed by atoms with Crippen LogP contribution in [0.5, 0.6) is 0 Å². The average Bonchev–Trinajstić information content (AvgIpc) is 2.38. The van der Waals surface area contributed by atoms with Crippen molar-refractivity contribution in [2.75, 3.05) is 6.61 Å². The molecule has 0 aromatic heterocycles. The summed E-state index contributed by atoms with van der Waals surface area (Å²) >= 11 is 5.94. The van der Waals surface area contributed by atoms with Crippen molar-refractivity contribution in [3.05, 3.63) is 47.5 Å². The first-order valence-corrected chi connectivity index (χ1v) is 5.92. The van der Waals surface area contributed by atoms with Crippen LogP contribution in [0.1, 0.15) is 5.56 Å². The Morgan fingerprint density at radius 1 is 1.47 bits per heavy atom. The molecule has 0 aliphatic heterocycles. The normalized spacial score (nSPS) is 11.4. The molecule has 1 aromatic carbocycles. The van der Waals surface area contributed by atoms with E-state index in [9.17, 15) is 9.59 Å². The summed E-state index contributed by atoms with van der Waals surface area (Å²) < 4.78 is 4.68. The molecule has 6 heteroatoms. The van der Waals surface area contributed by atoms with Crippen molar-refractivity contribution >= 4 is 23.7 Å². The van der Waals surface area contributed by atoms with E-state index in [2.05, 4.69) is 16.6 Å². The number of hydrogen-bond acceptors (Lipinski definition) is 3. The van der Waals surface area contributed by atoms with Crippen LogP contribution in [-0.2, 0) is 16.0 Å². The van der Waals surface area contributed by atoms with E-state index in [1.54, 1.807) is 24.3 Å². The Hall–Kier alpha value is -2.01. The number of benzene rings is 1. The predicted molar refractivity (Wildman–Crippen MR) is 71.3 cm³/mol. The molecule has 2 N–H and O–H groups in total. The van der Waals surface area contributed by atoms with Crippen LogP contribution >= 0.6 is 11.6 Å². The Morgan fingerprint density at radius 3 is 2.74 bits per heavy atom. The molecule has 0 radical (unpaired) electrons. The summed E-state index contributed by atoms with van der Waals surface area (Å²) in [6, 6.07) is 5.75. The van der Waals surface area contributed by atoms with Gasteiger partial charge in [-0.05, 0) is 11.6 Å². The van der Waals surface area contributed by atoms with Crippen molar-refractivity contribution in [2.45, 2.75) is 12.5 Å². The first-order valence-electron chi connectivity index (χ1n) is 5.55. The smallest absolute Gasteiger partial charge is 0.408 e. The molecule has 1 aromatic rings. The lowest BCUT2D eigenvalue weighted by Crippen LogP contribution is -2.42. The Kier molecular flexibility index (Phi) is 5.89. The van der Waals surface area contributed by atoms with E-state index in [0.717, 1.165) is 0 Å². The van der Waals surface area contributed by atoms with Gasteiger partial charge in [0.1, 0.15) is 12.6 Å². The van der Waals surface area contributed by atoms with Gasteiger partial charge in [-0.15, -0.1) is 0 Å². The molecule has 0 unspecified atom stereocenters. The van der Waals surface area contributed by atoms with Crippen molar-refractivity contribution in [3.63, 3.8) is 0 Å². The lowest BCUT2D eigenvalue weighted by molar-refractivity contribution is -0.139. The SMILES string of the molecule is C=CCOC(=O)N[C@H](Cc1ccccc1Cl)C(=O)O. The van der Waals surface area contributed by atoms with Crippen molar-refractivity contribution in [2.24, 2.45) is 0 Å². The number of aliphatic carboxylic acids is 1. The summed E-state index contributed by atoms with van der Waals surface area (Å²) in [5.41, 5.74) is 0.639. The Morgan fingerprint density at radius 2 is 2.16 bits per heavy atom. The van der Waals surface area contributed by atoms with Crippen LogP contribution in [0.15, 0.2) is 36.9 Å². The molecule has 1 atom stereocenters. The first kappa shape index (κ1) is 15.0. The predicted octanol–water partition coefficient (Wildman–Crippen LogP) is 2.25. The highest BCUT2D eigenvalue weighted by molar-refractivity contribution is 6.31. The molecule has 102 valence electrons. The number of ether oxygens (including phenoxy) is 1. The quantitative estimate of drug-likeness (QED) is 0.785. The topological polar surface area (TPSA) is 75.6 Å². The molecule has 0 aliphatic rings. The zero-order valence-corrected chi connectivity index (χ0v) is 10.9. The molecular formula is C13H14ClNO4. The molecule has 0 aliphatic carbocycles. The fourth-order valence-corrected chi connectivity index (χ4v) is 1.62. The fourth-order valence-electron chi connectivity index (χ4n) is 1.40. The second kappa shape index (κ2) is 7.43. The number of amides is 1. The van der Waals surface area contributed by atoms with Crippen LogP contribution in [0, 0.1) is 0 Å². The molecule has 1 amide bonds.